The molecule has 3 aliphatic rings. The number of carboxylic acids is 1. The van der Waals surface area contributed by atoms with Crippen LogP contribution in [0.1, 0.15) is 61.0 Å². The number of hydrogen-bond donors (Lipinski definition) is 3. The number of ketones is 2. The Morgan fingerprint density at radius 1 is 1.09 bits per heavy atom. The first-order valence-electron chi connectivity index (χ1n) is 11.0. The summed E-state index contributed by atoms with van der Waals surface area (Å²) in [6.07, 6.45) is 0.886. The maximum absolute atomic E-state index is 13.4. The fourth-order valence-electron chi connectivity index (χ4n) is 4.99. The largest absolute Gasteiger partial charge is 0.508 e. The molecular weight excluding hydrogens is 452 g/mol. The van der Waals surface area contributed by atoms with Gasteiger partial charge in [-0.15, -0.1) is 0 Å². The van der Waals surface area contributed by atoms with Crippen molar-refractivity contribution < 1.29 is 29.5 Å². The minimum atomic E-state index is -0.866. The van der Waals surface area contributed by atoms with Gasteiger partial charge in [0, 0.05) is 64.9 Å². The van der Waals surface area contributed by atoms with E-state index in [-0.39, 0.29) is 34.0 Å². The standard InChI is InChI=1S/C24H20N2O5.C2H4O2/c1-24(2)10-16-20(18(28)11-24)19(15-9-12(26(30)31)7-8-17(15)27)21-22(25-16)13-5-3-4-6-14(13)23(21)29;1-2(3)4/h3-9,19,25,27H,10-11H2,1-2H3;1H3,(H,3,4). The predicted octanol–water partition coefficient (Wildman–Crippen LogP) is 4.33. The molecule has 9 heteroatoms. The average molecular weight is 476 g/mol. The van der Waals surface area contributed by atoms with Crippen molar-refractivity contribution in [3.8, 4) is 5.75 Å². The quantitative estimate of drug-likeness (QED) is 0.429. The number of nitro groups is 1. The molecule has 1 aliphatic heterocycles. The maximum atomic E-state index is 13.4. The van der Waals surface area contributed by atoms with Gasteiger partial charge in [-0.1, -0.05) is 38.1 Å². The number of carboxylic acid groups (broad SMARTS) is 1. The van der Waals surface area contributed by atoms with Gasteiger partial charge in [0.25, 0.3) is 11.7 Å². The lowest BCUT2D eigenvalue weighted by Gasteiger charge is -2.39. The number of rotatable bonds is 2. The Labute approximate surface area is 200 Å². The monoisotopic (exact) mass is 476 g/mol. The van der Waals surface area contributed by atoms with Crippen LogP contribution >= 0.6 is 0 Å². The summed E-state index contributed by atoms with van der Waals surface area (Å²) >= 11 is 0. The third kappa shape index (κ3) is 4.21. The Morgan fingerprint density at radius 2 is 1.71 bits per heavy atom. The van der Waals surface area contributed by atoms with Gasteiger partial charge in [-0.25, -0.2) is 0 Å². The van der Waals surface area contributed by atoms with E-state index >= 15 is 0 Å². The normalized spacial score (nSPS) is 19.7. The lowest BCUT2D eigenvalue weighted by Crippen LogP contribution is -2.37. The number of phenolic OH excluding ortho intramolecular Hbond substituents is 1. The first-order valence-corrected chi connectivity index (χ1v) is 11.0. The van der Waals surface area contributed by atoms with E-state index in [2.05, 4.69) is 5.32 Å². The smallest absolute Gasteiger partial charge is 0.300 e. The summed E-state index contributed by atoms with van der Waals surface area (Å²) in [5.41, 5.74) is 3.06. The first-order chi connectivity index (χ1) is 16.4. The van der Waals surface area contributed by atoms with Crippen LogP contribution in [-0.2, 0) is 9.59 Å². The van der Waals surface area contributed by atoms with Crippen LogP contribution in [0.15, 0.2) is 59.3 Å². The summed E-state index contributed by atoms with van der Waals surface area (Å²) in [5.74, 6) is -2.24. The third-order valence-corrected chi connectivity index (χ3v) is 6.26. The van der Waals surface area contributed by atoms with E-state index < -0.39 is 16.8 Å². The molecule has 0 fully saturated rings. The SMILES string of the molecule is CC(=O)O.CC1(C)CC(=O)C2=C(C1)NC1=C(C(=O)c3ccccc31)C2c1cc([N+](=O)[O-])ccc1O. The number of Topliss-reactive ketones (excluding diaryl/α,β-unsaturated/α-hetero) is 2. The molecule has 0 bridgehead atoms. The molecule has 35 heavy (non-hydrogen) atoms. The summed E-state index contributed by atoms with van der Waals surface area (Å²) in [7, 11) is 0. The van der Waals surface area contributed by atoms with Crippen molar-refractivity contribution in [2.24, 2.45) is 5.41 Å². The fourth-order valence-corrected chi connectivity index (χ4v) is 4.99. The van der Waals surface area contributed by atoms with Gasteiger partial charge in [-0.05, 0) is 17.9 Å². The van der Waals surface area contributed by atoms with E-state index in [0.717, 1.165) is 12.5 Å². The number of benzene rings is 2. The molecule has 0 radical (unpaired) electrons. The number of hydrogen-bond acceptors (Lipinski definition) is 7. The van der Waals surface area contributed by atoms with Crippen LogP contribution in [0.2, 0.25) is 0 Å². The number of fused-ring (bicyclic) bond motifs is 2. The molecule has 1 heterocycles. The van der Waals surface area contributed by atoms with Crippen molar-refractivity contribution in [1.82, 2.24) is 5.32 Å². The van der Waals surface area contributed by atoms with Crippen LogP contribution < -0.4 is 5.32 Å². The van der Waals surface area contributed by atoms with Crippen molar-refractivity contribution in [2.75, 3.05) is 0 Å². The summed E-state index contributed by atoms with van der Waals surface area (Å²) in [5, 5.41) is 32.8. The number of nitro benzene ring substituents is 1. The van der Waals surface area contributed by atoms with E-state index in [1.807, 2.05) is 26.0 Å². The number of nitrogens with zero attached hydrogens (tertiary/aromatic N) is 1. The summed E-state index contributed by atoms with van der Waals surface area (Å²) < 4.78 is 0. The molecule has 3 N–H and O–H groups in total. The Bertz CT molecular complexity index is 1360. The zero-order valence-electron chi connectivity index (χ0n) is 19.4. The highest BCUT2D eigenvalue weighted by Gasteiger charge is 2.47. The van der Waals surface area contributed by atoms with Crippen LogP contribution in [0.3, 0.4) is 0 Å². The third-order valence-electron chi connectivity index (χ3n) is 6.26. The van der Waals surface area contributed by atoms with Gasteiger partial charge in [-0.3, -0.25) is 24.5 Å². The predicted molar refractivity (Wildman–Crippen MR) is 127 cm³/mol. The molecule has 180 valence electrons. The molecule has 2 aromatic rings. The summed E-state index contributed by atoms with van der Waals surface area (Å²) in [6.45, 7) is 5.10. The van der Waals surface area contributed by atoms with Crippen molar-refractivity contribution in [3.63, 3.8) is 0 Å². The molecule has 0 amide bonds. The zero-order valence-corrected chi connectivity index (χ0v) is 19.4. The van der Waals surface area contributed by atoms with E-state index in [0.29, 0.717) is 40.9 Å². The number of carbonyl (C=O) groups excluding carboxylic acids is 2. The van der Waals surface area contributed by atoms with Gasteiger partial charge in [0.2, 0.25) is 0 Å². The number of phenols is 1. The van der Waals surface area contributed by atoms with Crippen molar-refractivity contribution in [3.05, 3.63) is 86.1 Å². The second-order valence-corrected chi connectivity index (χ2v) is 9.57. The van der Waals surface area contributed by atoms with Gasteiger partial charge in [0.05, 0.1) is 10.6 Å². The van der Waals surface area contributed by atoms with Crippen LogP contribution in [-0.4, -0.2) is 32.7 Å². The summed E-state index contributed by atoms with van der Waals surface area (Å²) in [4.78, 5) is 46.5. The van der Waals surface area contributed by atoms with E-state index in [1.165, 1.54) is 18.2 Å². The lowest BCUT2D eigenvalue weighted by atomic mass is 9.68. The highest BCUT2D eigenvalue weighted by atomic mass is 16.6. The van der Waals surface area contributed by atoms with Gasteiger partial charge in [-0.2, -0.15) is 0 Å². The van der Waals surface area contributed by atoms with Gasteiger partial charge in [0.1, 0.15) is 5.75 Å². The molecule has 2 aromatic carbocycles. The molecule has 0 saturated carbocycles. The molecule has 1 atom stereocenters. The van der Waals surface area contributed by atoms with E-state index in [1.54, 1.807) is 12.1 Å². The van der Waals surface area contributed by atoms with E-state index in [4.69, 9.17) is 9.90 Å². The molecule has 5 rings (SSSR count). The number of aromatic hydroxyl groups is 1. The second-order valence-electron chi connectivity index (χ2n) is 9.57. The molecule has 2 aliphatic carbocycles. The maximum Gasteiger partial charge on any atom is 0.300 e. The molecular formula is C26H24N2O7. The molecule has 0 spiro atoms. The number of aliphatic carboxylic acids is 1. The summed E-state index contributed by atoms with van der Waals surface area (Å²) in [6, 6.07) is 10.9. The number of nitrogens with one attached hydrogen (secondary N) is 1. The van der Waals surface area contributed by atoms with Crippen LogP contribution in [0.4, 0.5) is 5.69 Å². The van der Waals surface area contributed by atoms with Crippen LogP contribution in [0.25, 0.3) is 5.70 Å². The molecule has 1 unspecified atom stereocenters. The molecule has 9 nitrogen and oxygen atoms in total. The first kappa shape index (κ1) is 23.9. The Morgan fingerprint density at radius 3 is 2.34 bits per heavy atom. The van der Waals surface area contributed by atoms with Crippen LogP contribution in [0.5, 0.6) is 5.75 Å². The number of carbonyl (C=O) groups is 3. The number of non-ortho nitro benzene ring substituents is 1. The number of dihydropyridines is 1. The van der Waals surface area contributed by atoms with Crippen molar-refractivity contribution in [1.29, 1.82) is 0 Å². The second kappa shape index (κ2) is 8.50. The fraction of sp³-hybridized carbons (Fsp3) is 0.269. The highest BCUT2D eigenvalue weighted by Crippen LogP contribution is 2.52. The zero-order chi connectivity index (χ0) is 25.7. The van der Waals surface area contributed by atoms with Crippen molar-refractivity contribution in [2.45, 2.75) is 39.5 Å². The van der Waals surface area contributed by atoms with Gasteiger partial charge < -0.3 is 15.5 Å². The van der Waals surface area contributed by atoms with Gasteiger partial charge >= 0.3 is 0 Å². The molecule has 0 saturated heterocycles. The number of allylic oxidation sites excluding steroid dienone is 3. The minimum Gasteiger partial charge on any atom is -0.508 e. The Kier molecular flexibility index (Phi) is 5.80. The van der Waals surface area contributed by atoms with Gasteiger partial charge in [0.15, 0.2) is 11.6 Å². The highest BCUT2D eigenvalue weighted by molar-refractivity contribution is 6.23. The average Bonchev–Trinajstić information content (AvgIpc) is 3.03. The Hall–Kier alpha value is -4.27. The van der Waals surface area contributed by atoms with Crippen molar-refractivity contribution >= 4 is 28.9 Å². The molecule has 0 aromatic heterocycles. The Balaban J connectivity index is 0.000000672. The minimum absolute atomic E-state index is 0.120. The lowest BCUT2D eigenvalue weighted by molar-refractivity contribution is -0.384. The van der Waals surface area contributed by atoms with E-state index in [9.17, 15) is 24.8 Å². The topological polar surface area (TPSA) is 147 Å². The van der Waals surface area contributed by atoms with Crippen LogP contribution in [0, 0.1) is 15.5 Å².